The van der Waals surface area contributed by atoms with E-state index in [2.05, 4.69) is 0 Å². The van der Waals surface area contributed by atoms with Crippen molar-refractivity contribution in [3.63, 3.8) is 0 Å². The monoisotopic (exact) mass is 514 g/mol. The Labute approximate surface area is 196 Å². The molecule has 0 aliphatic carbocycles. The molecule has 0 radical (unpaired) electrons. The zero-order valence-corrected chi connectivity index (χ0v) is 21.5. The van der Waals surface area contributed by atoms with Crippen LogP contribution in [0, 0.1) is 0 Å². The Morgan fingerprint density at radius 3 is 1.82 bits per heavy atom. The van der Waals surface area contributed by atoms with Crippen LogP contribution < -0.4 is 4.74 Å². The average molecular weight is 514 g/mol. The Balaban J connectivity index is 3.05. The van der Waals surface area contributed by atoms with Gasteiger partial charge in [0.2, 0.25) is 0 Å². The Hall–Kier alpha value is -1.48. The van der Waals surface area contributed by atoms with E-state index >= 15 is 0 Å². The van der Waals surface area contributed by atoms with Gasteiger partial charge >= 0.3 is 25.5 Å². The maximum absolute atomic E-state index is 14.9. The molecule has 5 nitrogen and oxygen atoms in total. The minimum atomic E-state index is -6.24. The van der Waals surface area contributed by atoms with Crippen molar-refractivity contribution in [3.8, 4) is 5.75 Å². The second-order valence-electron chi connectivity index (χ2n) is 10.1. The van der Waals surface area contributed by atoms with Crippen LogP contribution in [0.25, 0.3) is 6.08 Å². The number of rotatable bonds is 6. The van der Waals surface area contributed by atoms with Crippen LogP contribution >= 0.6 is 7.60 Å². The molecule has 1 aliphatic heterocycles. The largest absolute Gasteiger partial charge is 0.460 e. The van der Waals surface area contributed by atoms with Gasteiger partial charge < -0.3 is 18.9 Å². The molecule has 2 rings (SSSR count). The molecule has 1 aliphatic rings. The van der Waals surface area contributed by atoms with E-state index in [1.807, 2.05) is 20.8 Å². The van der Waals surface area contributed by atoms with Crippen LogP contribution in [0.15, 0.2) is 17.4 Å². The summed E-state index contributed by atoms with van der Waals surface area (Å²) in [6, 6.07) is 3.19. The van der Waals surface area contributed by atoms with Gasteiger partial charge in [-0.15, -0.1) is 0 Å². The third-order valence-corrected chi connectivity index (χ3v) is 7.57. The first kappa shape index (κ1) is 28.8. The SMILES string of the molecule is CCOP(=O)(OCC)C1=Cc2cc(C(C)(C)C)cc(C(C)(C)C)c2OC1(O)C(F)(F)C(F)(F)F. The molecular weight excluding hydrogens is 482 g/mol. The van der Waals surface area contributed by atoms with Crippen LogP contribution in [0.2, 0.25) is 0 Å². The third kappa shape index (κ3) is 4.92. The van der Waals surface area contributed by atoms with E-state index in [1.54, 1.807) is 26.8 Å². The van der Waals surface area contributed by atoms with Crippen molar-refractivity contribution in [2.75, 3.05) is 13.2 Å². The fourth-order valence-electron chi connectivity index (χ4n) is 3.51. The molecule has 0 bridgehead atoms. The fourth-order valence-corrected chi connectivity index (χ4v) is 5.39. The summed E-state index contributed by atoms with van der Waals surface area (Å²) in [6.07, 6.45) is -5.43. The first-order valence-electron chi connectivity index (χ1n) is 10.8. The van der Waals surface area contributed by atoms with Gasteiger partial charge in [-0.05, 0) is 42.4 Å². The Kier molecular flexibility index (Phi) is 7.51. The quantitative estimate of drug-likeness (QED) is 0.322. The second-order valence-corrected chi connectivity index (χ2v) is 12.1. The van der Waals surface area contributed by atoms with Gasteiger partial charge in [-0.3, -0.25) is 4.57 Å². The van der Waals surface area contributed by atoms with Gasteiger partial charge in [-0.1, -0.05) is 47.6 Å². The van der Waals surface area contributed by atoms with E-state index in [9.17, 15) is 31.6 Å². The zero-order valence-electron chi connectivity index (χ0n) is 20.6. The molecule has 1 N–H and O–H groups in total. The topological polar surface area (TPSA) is 65.0 Å². The fraction of sp³-hybridized carbons (Fsp3) is 0.652. The predicted octanol–water partition coefficient (Wildman–Crippen LogP) is 7.17. The lowest BCUT2D eigenvalue weighted by Crippen LogP contribution is -2.62. The molecule has 11 heteroatoms. The summed E-state index contributed by atoms with van der Waals surface area (Å²) in [7, 11) is -4.84. The molecule has 0 saturated carbocycles. The van der Waals surface area contributed by atoms with Crippen LogP contribution in [0.1, 0.15) is 72.1 Å². The van der Waals surface area contributed by atoms with E-state index in [0.717, 1.165) is 11.6 Å². The average Bonchev–Trinajstić information content (AvgIpc) is 2.64. The van der Waals surface area contributed by atoms with Crippen molar-refractivity contribution in [2.45, 2.75) is 84.1 Å². The van der Waals surface area contributed by atoms with Crippen molar-refractivity contribution in [1.82, 2.24) is 0 Å². The number of fused-ring (bicyclic) bond motifs is 1. The summed E-state index contributed by atoms with van der Waals surface area (Å²) in [5.41, 5.74) is -0.102. The van der Waals surface area contributed by atoms with Crippen molar-refractivity contribution >= 4 is 13.7 Å². The number of hydrogen-bond acceptors (Lipinski definition) is 5. The highest BCUT2D eigenvalue weighted by Gasteiger charge is 2.76. The van der Waals surface area contributed by atoms with Crippen LogP contribution in [0.4, 0.5) is 22.0 Å². The standard InChI is InChI=1S/C23H32F5O5P/c1-9-31-34(30,32-10-2)17-12-14-11-15(19(3,4)5)13-16(20(6,7)8)18(14)33-21(17,29)22(24,25)23(26,27)28/h11-13,29H,9-10H2,1-8H3. The van der Waals surface area contributed by atoms with Gasteiger partial charge in [0.15, 0.2) is 0 Å². The van der Waals surface area contributed by atoms with E-state index in [4.69, 9.17) is 13.8 Å². The minimum Gasteiger partial charge on any atom is -0.451 e. The highest BCUT2D eigenvalue weighted by molar-refractivity contribution is 7.58. The maximum Gasteiger partial charge on any atom is 0.460 e. The molecule has 0 saturated heterocycles. The lowest BCUT2D eigenvalue weighted by atomic mass is 9.78. The first-order chi connectivity index (χ1) is 15.2. The highest BCUT2D eigenvalue weighted by atomic mass is 31.2. The van der Waals surface area contributed by atoms with Crippen LogP contribution in [0.5, 0.6) is 5.75 Å². The number of ether oxygens (including phenoxy) is 1. The van der Waals surface area contributed by atoms with Gasteiger partial charge in [-0.2, -0.15) is 22.0 Å². The highest BCUT2D eigenvalue weighted by Crippen LogP contribution is 2.66. The van der Waals surface area contributed by atoms with Crippen molar-refractivity contribution in [1.29, 1.82) is 0 Å². The molecule has 1 aromatic carbocycles. The molecule has 1 unspecified atom stereocenters. The summed E-state index contributed by atoms with van der Waals surface area (Å²) >= 11 is 0. The molecule has 1 aromatic rings. The van der Waals surface area contributed by atoms with Crippen molar-refractivity contribution < 1.29 is 45.4 Å². The van der Waals surface area contributed by atoms with Crippen LogP contribution in [0.3, 0.4) is 0 Å². The number of halogens is 5. The van der Waals surface area contributed by atoms with Gasteiger partial charge in [0.05, 0.1) is 13.2 Å². The van der Waals surface area contributed by atoms with Crippen LogP contribution in [-0.2, 0) is 24.4 Å². The van der Waals surface area contributed by atoms with E-state index in [1.165, 1.54) is 19.9 Å². The van der Waals surface area contributed by atoms with Crippen LogP contribution in [-0.4, -0.2) is 36.2 Å². The normalized spacial score (nSPS) is 20.0. The van der Waals surface area contributed by atoms with E-state index in [-0.39, 0.29) is 24.5 Å². The number of alkyl halides is 5. The second kappa shape index (κ2) is 8.87. The minimum absolute atomic E-state index is 0.0784. The predicted molar refractivity (Wildman–Crippen MR) is 119 cm³/mol. The lowest BCUT2D eigenvalue weighted by Gasteiger charge is -2.43. The van der Waals surface area contributed by atoms with Gasteiger partial charge in [0.1, 0.15) is 11.1 Å². The zero-order chi connectivity index (χ0) is 26.5. The molecule has 0 fully saturated rings. The molecule has 0 spiro atoms. The molecule has 0 aromatic heterocycles. The van der Waals surface area contributed by atoms with E-state index < -0.39 is 41.6 Å². The molecule has 34 heavy (non-hydrogen) atoms. The molecule has 0 amide bonds. The van der Waals surface area contributed by atoms with Gasteiger partial charge in [-0.25, -0.2) is 0 Å². The molecule has 1 heterocycles. The van der Waals surface area contributed by atoms with Gasteiger partial charge in [0, 0.05) is 11.1 Å². The summed E-state index contributed by atoms with van der Waals surface area (Å²) < 4.78 is 99.1. The summed E-state index contributed by atoms with van der Waals surface area (Å²) in [6.45, 7) is 12.9. The Bertz CT molecular complexity index is 995. The summed E-state index contributed by atoms with van der Waals surface area (Å²) in [5.74, 6) is -10.6. The Morgan fingerprint density at radius 2 is 1.44 bits per heavy atom. The smallest absolute Gasteiger partial charge is 0.451 e. The van der Waals surface area contributed by atoms with Crippen molar-refractivity contribution in [3.05, 3.63) is 34.1 Å². The summed E-state index contributed by atoms with van der Waals surface area (Å²) in [5, 5.41) is 9.64. The number of hydrogen-bond donors (Lipinski definition) is 1. The van der Waals surface area contributed by atoms with Gasteiger partial charge in [0.25, 0.3) is 0 Å². The third-order valence-electron chi connectivity index (χ3n) is 5.36. The van der Waals surface area contributed by atoms with Crippen molar-refractivity contribution in [2.24, 2.45) is 0 Å². The molecule has 194 valence electrons. The number of benzene rings is 1. The Morgan fingerprint density at radius 1 is 0.941 bits per heavy atom. The molecular formula is C23H32F5O5P. The first-order valence-corrected chi connectivity index (χ1v) is 12.4. The van der Waals surface area contributed by atoms with E-state index in [0.29, 0.717) is 5.56 Å². The summed E-state index contributed by atoms with van der Waals surface area (Å²) in [4.78, 5) is 0. The molecule has 1 atom stereocenters. The maximum atomic E-state index is 14.9. The number of aliphatic hydroxyl groups is 1. The lowest BCUT2D eigenvalue weighted by molar-refractivity contribution is -0.371.